The zero-order valence-corrected chi connectivity index (χ0v) is 23.3. The van der Waals surface area contributed by atoms with Crippen molar-refractivity contribution in [1.82, 2.24) is 14.5 Å². The van der Waals surface area contributed by atoms with Crippen LogP contribution in [0.5, 0.6) is 0 Å². The lowest BCUT2D eigenvalue weighted by Crippen LogP contribution is -2.44. The molecule has 0 spiro atoms. The monoisotopic (exact) mass is 561 g/mol. The van der Waals surface area contributed by atoms with E-state index in [1.807, 2.05) is 0 Å². The fraction of sp³-hybridized carbons (Fsp3) is 0.484. The number of likely N-dealkylation sites (N-methyl/N-ethyl adjacent to an activating group) is 1. The van der Waals surface area contributed by atoms with Crippen LogP contribution in [-0.2, 0) is 39.5 Å². The van der Waals surface area contributed by atoms with Crippen LogP contribution in [0.2, 0.25) is 0 Å². The maximum absolute atomic E-state index is 15.1. The number of aliphatic hydroxyl groups excluding tert-OH is 1. The number of carbonyl (C=O) groups is 2. The first kappa shape index (κ1) is 26.3. The molecule has 3 aromatic rings. The van der Waals surface area contributed by atoms with Crippen LogP contribution in [0.1, 0.15) is 78.5 Å². The van der Waals surface area contributed by atoms with E-state index in [1.165, 1.54) is 6.07 Å². The standard InChI is InChI=1S/C31H32FN3O6/c1-4-31(40)19-10-23-27-17(12-35(23)28(37)18(19)13-41-30(31)39)26-22(34(3)29(38)24(36)9-15-5-6-15)8-7-16-14(2)20(32)11-21(33-27)25(16)26/h10-11,15,22,24,36,40H,4-9,12-13H2,1-3H3/t22-,24+,31-/m0/s1. The Balaban J connectivity index is 1.45. The number of ether oxygens (including phenoxy) is 1. The second-order valence-electron chi connectivity index (χ2n) is 12.0. The Morgan fingerprint density at radius 1 is 1.24 bits per heavy atom. The molecule has 0 unspecified atom stereocenters. The van der Waals surface area contributed by atoms with Crippen LogP contribution in [0, 0.1) is 18.7 Å². The van der Waals surface area contributed by atoms with Crippen molar-refractivity contribution in [2.45, 2.75) is 83.3 Å². The summed E-state index contributed by atoms with van der Waals surface area (Å²) in [5, 5.41) is 22.7. The van der Waals surface area contributed by atoms with Gasteiger partial charge in [-0.3, -0.25) is 9.59 Å². The summed E-state index contributed by atoms with van der Waals surface area (Å²) in [7, 11) is 1.69. The van der Waals surface area contributed by atoms with Gasteiger partial charge in [0.15, 0.2) is 5.60 Å². The van der Waals surface area contributed by atoms with Crippen LogP contribution in [0.4, 0.5) is 4.39 Å². The second kappa shape index (κ2) is 8.93. The Kier molecular flexibility index (Phi) is 5.73. The molecule has 1 amide bonds. The molecule has 0 saturated heterocycles. The van der Waals surface area contributed by atoms with Crippen molar-refractivity contribution in [2.24, 2.45) is 5.92 Å². The summed E-state index contributed by atoms with van der Waals surface area (Å²) in [4.78, 5) is 46.2. The topological polar surface area (TPSA) is 122 Å². The van der Waals surface area contributed by atoms with Crippen LogP contribution in [0.3, 0.4) is 0 Å². The first-order chi connectivity index (χ1) is 19.5. The van der Waals surface area contributed by atoms with Crippen LogP contribution >= 0.6 is 0 Å². The first-order valence-electron chi connectivity index (χ1n) is 14.3. The summed E-state index contributed by atoms with van der Waals surface area (Å²) in [6.45, 7) is 3.33. The van der Waals surface area contributed by atoms with E-state index in [2.05, 4.69) is 0 Å². The van der Waals surface area contributed by atoms with Gasteiger partial charge in [-0.25, -0.2) is 14.2 Å². The fourth-order valence-corrected chi connectivity index (χ4v) is 7.08. The van der Waals surface area contributed by atoms with Gasteiger partial charge < -0.3 is 24.4 Å². The number of nitrogens with zero attached hydrogens (tertiary/aromatic N) is 3. The van der Waals surface area contributed by atoms with Crippen molar-refractivity contribution in [3.05, 3.63) is 61.7 Å². The lowest BCUT2D eigenvalue weighted by molar-refractivity contribution is -0.172. The second-order valence-corrected chi connectivity index (χ2v) is 12.0. The fourth-order valence-electron chi connectivity index (χ4n) is 7.08. The molecule has 1 aromatic carbocycles. The van der Waals surface area contributed by atoms with Gasteiger partial charge in [-0.1, -0.05) is 19.8 Å². The molecule has 3 atom stereocenters. The number of pyridine rings is 2. The van der Waals surface area contributed by atoms with E-state index in [1.54, 1.807) is 36.4 Å². The number of benzene rings is 1. The van der Waals surface area contributed by atoms with E-state index < -0.39 is 23.7 Å². The van der Waals surface area contributed by atoms with Crippen molar-refractivity contribution in [3.63, 3.8) is 0 Å². The summed E-state index contributed by atoms with van der Waals surface area (Å²) in [6, 6.07) is 2.61. The van der Waals surface area contributed by atoms with Gasteiger partial charge in [0.25, 0.3) is 11.5 Å². The van der Waals surface area contributed by atoms with Crippen molar-refractivity contribution in [3.8, 4) is 11.4 Å². The molecule has 41 heavy (non-hydrogen) atoms. The Morgan fingerprint density at radius 3 is 2.71 bits per heavy atom. The van der Waals surface area contributed by atoms with E-state index in [0.717, 1.165) is 34.9 Å². The molecule has 7 rings (SSSR count). The number of amides is 1. The number of aliphatic hydroxyl groups is 2. The van der Waals surface area contributed by atoms with Gasteiger partial charge in [0.1, 0.15) is 18.5 Å². The van der Waals surface area contributed by atoms with Gasteiger partial charge in [-0.15, -0.1) is 0 Å². The van der Waals surface area contributed by atoms with E-state index in [-0.39, 0.29) is 48.0 Å². The highest BCUT2D eigenvalue weighted by Gasteiger charge is 2.46. The number of hydrogen-bond donors (Lipinski definition) is 2. The minimum absolute atomic E-state index is 0.0248. The first-order valence-corrected chi connectivity index (χ1v) is 14.3. The molecule has 10 heteroatoms. The smallest absolute Gasteiger partial charge is 0.343 e. The Labute approximate surface area is 235 Å². The predicted molar refractivity (Wildman–Crippen MR) is 146 cm³/mol. The SMILES string of the molecule is CC[C@@]1(O)C(=O)OCc2c1cc1n(c2=O)Cc2c-1nc1cc(F)c(C)c3c1c2[C@@H](N(C)C(=O)[C@H](O)CC1CC1)CC3. The predicted octanol–water partition coefficient (Wildman–Crippen LogP) is 3.13. The van der Waals surface area contributed by atoms with E-state index >= 15 is 4.39 Å². The number of aryl methyl sites for hydroxylation is 1. The number of hydrogen-bond acceptors (Lipinski definition) is 7. The lowest BCUT2D eigenvalue weighted by atomic mass is 9.81. The summed E-state index contributed by atoms with van der Waals surface area (Å²) in [6.07, 6.45) is 2.49. The van der Waals surface area contributed by atoms with Crippen molar-refractivity contribution >= 4 is 22.8 Å². The van der Waals surface area contributed by atoms with Gasteiger partial charge in [-0.2, -0.15) is 0 Å². The average Bonchev–Trinajstić information content (AvgIpc) is 3.70. The van der Waals surface area contributed by atoms with Gasteiger partial charge in [0.05, 0.1) is 35.1 Å². The molecule has 0 bridgehead atoms. The summed E-state index contributed by atoms with van der Waals surface area (Å²) < 4.78 is 21.9. The molecule has 0 radical (unpaired) electrons. The van der Waals surface area contributed by atoms with E-state index in [9.17, 15) is 24.6 Å². The number of aromatic nitrogens is 2. The molecule has 2 aliphatic heterocycles. The van der Waals surface area contributed by atoms with Crippen molar-refractivity contribution in [1.29, 1.82) is 0 Å². The summed E-state index contributed by atoms with van der Waals surface area (Å²) in [5.41, 5.74) is 2.33. The molecule has 4 heterocycles. The van der Waals surface area contributed by atoms with Crippen LogP contribution in [0.25, 0.3) is 22.3 Å². The van der Waals surface area contributed by atoms with E-state index in [0.29, 0.717) is 47.6 Å². The highest BCUT2D eigenvalue weighted by molar-refractivity contribution is 5.94. The van der Waals surface area contributed by atoms with Gasteiger partial charge in [-0.05, 0) is 61.3 Å². The number of rotatable bonds is 5. The van der Waals surface area contributed by atoms with E-state index in [4.69, 9.17) is 9.72 Å². The Hall–Kier alpha value is -3.63. The number of halogens is 1. The number of fused-ring (bicyclic) bond motifs is 5. The van der Waals surface area contributed by atoms with Gasteiger partial charge >= 0.3 is 5.97 Å². The van der Waals surface area contributed by atoms with Gasteiger partial charge in [0, 0.05) is 29.6 Å². The van der Waals surface area contributed by atoms with Crippen molar-refractivity contribution in [2.75, 3.05) is 7.05 Å². The molecule has 214 valence electrons. The molecule has 1 fully saturated rings. The largest absolute Gasteiger partial charge is 0.458 e. The highest BCUT2D eigenvalue weighted by Crippen LogP contribution is 2.47. The average molecular weight is 562 g/mol. The molecule has 2 N–H and O–H groups in total. The van der Waals surface area contributed by atoms with Gasteiger partial charge in [0.2, 0.25) is 0 Å². The molecule has 4 aliphatic rings. The molecule has 9 nitrogen and oxygen atoms in total. The minimum Gasteiger partial charge on any atom is -0.458 e. The molecular weight excluding hydrogens is 529 g/mol. The summed E-state index contributed by atoms with van der Waals surface area (Å²) >= 11 is 0. The maximum Gasteiger partial charge on any atom is 0.343 e. The quantitative estimate of drug-likeness (QED) is 0.359. The third-order valence-corrected chi connectivity index (χ3v) is 9.70. The third-order valence-electron chi connectivity index (χ3n) is 9.70. The van der Waals surface area contributed by atoms with Crippen molar-refractivity contribution < 1.29 is 28.9 Å². The molecule has 1 saturated carbocycles. The third kappa shape index (κ3) is 3.66. The zero-order valence-electron chi connectivity index (χ0n) is 23.3. The zero-order chi connectivity index (χ0) is 29.0. The highest BCUT2D eigenvalue weighted by atomic mass is 19.1. The molecule has 2 aromatic heterocycles. The molecular formula is C31H32FN3O6. The Morgan fingerprint density at radius 2 is 2.00 bits per heavy atom. The summed E-state index contributed by atoms with van der Waals surface area (Å²) in [5.74, 6) is -1.15. The lowest BCUT2D eigenvalue weighted by Gasteiger charge is -2.36. The number of esters is 1. The molecule has 2 aliphatic carbocycles. The van der Waals surface area contributed by atoms with Crippen LogP contribution in [-0.4, -0.2) is 49.7 Å². The number of cyclic esters (lactones) is 1. The maximum atomic E-state index is 15.1. The minimum atomic E-state index is -1.96. The van der Waals surface area contributed by atoms with Crippen LogP contribution < -0.4 is 5.56 Å². The normalized spacial score (nSPS) is 23.1. The number of carbonyl (C=O) groups excluding carboxylic acids is 2. The Bertz CT molecular complexity index is 1740. The van der Waals surface area contributed by atoms with Crippen LogP contribution in [0.15, 0.2) is 16.9 Å².